The molecule has 0 fully saturated rings. The molecule has 0 spiro atoms. The van der Waals surface area contributed by atoms with Gasteiger partial charge in [0, 0.05) is 9.50 Å². The summed E-state index contributed by atoms with van der Waals surface area (Å²) in [6.07, 6.45) is 4.15. The van der Waals surface area contributed by atoms with Gasteiger partial charge in [-0.3, -0.25) is 5.84 Å². The van der Waals surface area contributed by atoms with Gasteiger partial charge in [0.1, 0.15) is 11.8 Å². The second-order valence-corrected chi connectivity index (χ2v) is 5.25. The molecule has 1 aromatic rings. The van der Waals surface area contributed by atoms with Crippen LogP contribution in [0.2, 0.25) is 5.02 Å². The summed E-state index contributed by atoms with van der Waals surface area (Å²) in [6.45, 7) is 0.742. The summed E-state index contributed by atoms with van der Waals surface area (Å²) in [7, 11) is 0. The van der Waals surface area contributed by atoms with Crippen LogP contribution >= 0.6 is 27.5 Å². The van der Waals surface area contributed by atoms with Gasteiger partial charge in [-0.15, -0.1) is 0 Å². The average Bonchev–Trinajstić information content (AvgIpc) is 2.30. The number of hydrazine groups is 1. The number of nitrogens with one attached hydrogen (secondary N) is 1. The second-order valence-electron chi connectivity index (χ2n) is 3.90. The molecule has 1 aliphatic heterocycles. The van der Waals surface area contributed by atoms with Crippen molar-refractivity contribution < 1.29 is 4.74 Å². The smallest absolute Gasteiger partial charge is 0.115 e. The van der Waals surface area contributed by atoms with Crippen LogP contribution in [0.1, 0.15) is 24.4 Å². The fourth-order valence-corrected chi connectivity index (χ4v) is 2.75. The third kappa shape index (κ3) is 3.22. The van der Waals surface area contributed by atoms with Gasteiger partial charge in [-0.25, -0.2) is 5.43 Å². The standard InChI is InChI=1S/C12H14BrClN2O/c13-9-5-8(6-10(14)7-9)12(16-15)11-3-1-2-4-17-11/h3,5-7,12,16H,1-2,4,15H2. The highest BCUT2D eigenvalue weighted by atomic mass is 79.9. The summed E-state index contributed by atoms with van der Waals surface area (Å²) in [5, 5.41) is 0.672. The zero-order valence-corrected chi connectivity index (χ0v) is 11.6. The zero-order valence-electron chi connectivity index (χ0n) is 9.25. The molecule has 1 unspecified atom stereocenters. The van der Waals surface area contributed by atoms with Gasteiger partial charge in [-0.2, -0.15) is 0 Å². The van der Waals surface area contributed by atoms with Crippen LogP contribution in [-0.2, 0) is 4.74 Å². The zero-order chi connectivity index (χ0) is 12.3. The number of allylic oxidation sites excluding steroid dienone is 1. The maximum absolute atomic E-state index is 6.03. The van der Waals surface area contributed by atoms with E-state index < -0.39 is 0 Å². The van der Waals surface area contributed by atoms with Gasteiger partial charge in [-0.05, 0) is 42.7 Å². The van der Waals surface area contributed by atoms with Gasteiger partial charge in [-0.1, -0.05) is 27.5 Å². The minimum atomic E-state index is -0.148. The summed E-state index contributed by atoms with van der Waals surface area (Å²) in [5.74, 6) is 6.48. The first-order valence-electron chi connectivity index (χ1n) is 5.45. The Morgan fingerprint density at radius 1 is 1.41 bits per heavy atom. The molecular weight excluding hydrogens is 304 g/mol. The minimum absolute atomic E-state index is 0.148. The molecule has 0 radical (unpaired) electrons. The largest absolute Gasteiger partial charge is 0.496 e. The van der Waals surface area contributed by atoms with E-state index in [1.54, 1.807) is 0 Å². The van der Waals surface area contributed by atoms with Crippen molar-refractivity contribution in [2.45, 2.75) is 18.9 Å². The van der Waals surface area contributed by atoms with Gasteiger partial charge in [0.2, 0.25) is 0 Å². The van der Waals surface area contributed by atoms with Crippen molar-refractivity contribution in [1.29, 1.82) is 0 Å². The Morgan fingerprint density at radius 2 is 2.24 bits per heavy atom. The molecule has 0 saturated heterocycles. The lowest BCUT2D eigenvalue weighted by atomic mass is 10.0. The summed E-state index contributed by atoms with van der Waals surface area (Å²) in [5.41, 5.74) is 3.76. The normalized spacial score (nSPS) is 17.2. The number of benzene rings is 1. The molecule has 1 aromatic carbocycles. The Hall–Kier alpha value is -0.550. The molecule has 1 atom stereocenters. The van der Waals surface area contributed by atoms with Gasteiger partial charge in [0.05, 0.1) is 6.61 Å². The van der Waals surface area contributed by atoms with Gasteiger partial charge in [0.25, 0.3) is 0 Å². The van der Waals surface area contributed by atoms with E-state index in [1.807, 2.05) is 18.2 Å². The fraction of sp³-hybridized carbons (Fsp3) is 0.333. The first-order chi connectivity index (χ1) is 8.20. The molecule has 3 nitrogen and oxygen atoms in total. The predicted octanol–water partition coefficient (Wildman–Crippen LogP) is 3.30. The molecule has 0 bridgehead atoms. The molecular formula is C12H14BrClN2O. The van der Waals surface area contributed by atoms with E-state index in [-0.39, 0.29) is 6.04 Å². The van der Waals surface area contributed by atoms with E-state index in [1.165, 1.54) is 0 Å². The Bertz CT molecular complexity index is 416. The molecule has 5 heteroatoms. The predicted molar refractivity (Wildman–Crippen MR) is 72.5 cm³/mol. The molecule has 1 aliphatic rings. The van der Waals surface area contributed by atoms with Gasteiger partial charge in [0.15, 0.2) is 0 Å². The number of nitrogens with two attached hydrogens (primary N) is 1. The first-order valence-corrected chi connectivity index (χ1v) is 6.63. The molecule has 1 heterocycles. The molecule has 92 valence electrons. The van der Waals surface area contributed by atoms with E-state index in [0.29, 0.717) is 5.02 Å². The van der Waals surface area contributed by atoms with E-state index in [9.17, 15) is 0 Å². The van der Waals surface area contributed by atoms with Crippen LogP contribution in [0.4, 0.5) is 0 Å². The SMILES string of the molecule is NNC(C1=CCCCO1)c1cc(Cl)cc(Br)c1. The Kier molecular flexibility index (Phi) is 4.45. The molecule has 17 heavy (non-hydrogen) atoms. The number of halogens is 2. The Labute approximate surface area is 114 Å². The summed E-state index contributed by atoms with van der Waals surface area (Å²) >= 11 is 9.45. The van der Waals surface area contributed by atoms with Crippen LogP contribution < -0.4 is 11.3 Å². The maximum atomic E-state index is 6.03. The van der Waals surface area contributed by atoms with Crippen molar-refractivity contribution in [1.82, 2.24) is 5.43 Å². The highest BCUT2D eigenvalue weighted by Gasteiger charge is 2.19. The third-order valence-corrected chi connectivity index (χ3v) is 3.31. The van der Waals surface area contributed by atoms with E-state index >= 15 is 0 Å². The minimum Gasteiger partial charge on any atom is -0.496 e. The average molecular weight is 318 g/mol. The van der Waals surface area contributed by atoms with Crippen molar-refractivity contribution in [2.24, 2.45) is 5.84 Å². The second kappa shape index (κ2) is 5.87. The van der Waals surface area contributed by atoms with Crippen LogP contribution in [0.3, 0.4) is 0 Å². The van der Waals surface area contributed by atoms with Crippen molar-refractivity contribution in [3.05, 3.63) is 45.1 Å². The lowest BCUT2D eigenvalue weighted by Gasteiger charge is -2.23. The number of rotatable bonds is 3. The van der Waals surface area contributed by atoms with Crippen LogP contribution in [0.25, 0.3) is 0 Å². The maximum Gasteiger partial charge on any atom is 0.115 e. The Morgan fingerprint density at radius 3 is 2.82 bits per heavy atom. The quantitative estimate of drug-likeness (QED) is 0.664. The summed E-state index contributed by atoms with van der Waals surface area (Å²) in [4.78, 5) is 0. The van der Waals surface area contributed by atoms with E-state index in [0.717, 1.165) is 35.2 Å². The molecule has 0 aromatic heterocycles. The van der Waals surface area contributed by atoms with Crippen molar-refractivity contribution >= 4 is 27.5 Å². The van der Waals surface area contributed by atoms with Crippen LogP contribution in [-0.4, -0.2) is 6.61 Å². The van der Waals surface area contributed by atoms with Crippen molar-refractivity contribution in [3.8, 4) is 0 Å². The number of hydrogen-bond donors (Lipinski definition) is 2. The van der Waals surface area contributed by atoms with Gasteiger partial charge >= 0.3 is 0 Å². The third-order valence-electron chi connectivity index (χ3n) is 2.63. The summed E-state index contributed by atoms with van der Waals surface area (Å²) < 4.78 is 6.55. The van der Waals surface area contributed by atoms with Crippen LogP contribution in [0.15, 0.2) is 34.5 Å². The monoisotopic (exact) mass is 316 g/mol. The molecule has 2 rings (SSSR count). The lowest BCUT2D eigenvalue weighted by molar-refractivity contribution is 0.168. The van der Waals surface area contributed by atoms with E-state index in [4.69, 9.17) is 22.2 Å². The highest BCUT2D eigenvalue weighted by Crippen LogP contribution is 2.29. The van der Waals surface area contributed by atoms with Crippen LogP contribution in [0, 0.1) is 0 Å². The first kappa shape index (κ1) is 12.9. The van der Waals surface area contributed by atoms with Crippen molar-refractivity contribution in [2.75, 3.05) is 6.61 Å². The van der Waals surface area contributed by atoms with Gasteiger partial charge < -0.3 is 4.74 Å². The molecule has 3 N–H and O–H groups in total. The van der Waals surface area contributed by atoms with Crippen LogP contribution in [0.5, 0.6) is 0 Å². The topological polar surface area (TPSA) is 47.3 Å². The summed E-state index contributed by atoms with van der Waals surface area (Å²) in [6, 6.07) is 5.56. The Balaban J connectivity index is 2.31. The lowest BCUT2D eigenvalue weighted by Crippen LogP contribution is -2.31. The van der Waals surface area contributed by atoms with E-state index in [2.05, 4.69) is 27.4 Å². The van der Waals surface area contributed by atoms with Crippen molar-refractivity contribution in [3.63, 3.8) is 0 Å². The number of hydrogen-bond acceptors (Lipinski definition) is 3. The highest BCUT2D eigenvalue weighted by molar-refractivity contribution is 9.10. The fourth-order valence-electron chi connectivity index (χ4n) is 1.86. The number of ether oxygens (including phenoxy) is 1. The molecule has 0 saturated carbocycles. The molecule has 0 amide bonds. The molecule has 0 aliphatic carbocycles.